The fourth-order valence-corrected chi connectivity index (χ4v) is 9.36. The molecule has 47 heavy (non-hydrogen) atoms. The number of nitrogens with one attached hydrogen (secondary N) is 1. The molecule has 2 aromatic rings. The average Bonchev–Trinajstić information content (AvgIpc) is 3.14. The number of aryl methyl sites for hydroxylation is 1. The van der Waals surface area contributed by atoms with Crippen LogP contribution in [-0.2, 0) is 21.9 Å². The number of anilines is 1. The number of aliphatic hydroxyl groups excluding tert-OH is 1. The van der Waals surface area contributed by atoms with Crippen LogP contribution >= 0.6 is 11.6 Å². The molecule has 0 radical (unpaired) electrons. The van der Waals surface area contributed by atoms with E-state index in [1.165, 1.54) is 19.1 Å². The van der Waals surface area contributed by atoms with Gasteiger partial charge in [0.05, 0.1) is 30.1 Å². The summed E-state index contributed by atoms with van der Waals surface area (Å²) in [5.74, 6) is -1.29. The van der Waals surface area contributed by atoms with Crippen LogP contribution in [0.3, 0.4) is 0 Å². The minimum atomic E-state index is -4.75. The topological polar surface area (TPSA) is 95.9 Å². The quantitative estimate of drug-likeness (QED) is 0.247. The molecular weight excluding hydrogens is 653 g/mol. The molecule has 6 atom stereocenters. The van der Waals surface area contributed by atoms with E-state index in [1.807, 2.05) is 16.9 Å². The summed E-state index contributed by atoms with van der Waals surface area (Å²) < 4.78 is 75.1. The van der Waals surface area contributed by atoms with Crippen LogP contribution in [0.1, 0.15) is 66.9 Å². The van der Waals surface area contributed by atoms with E-state index in [4.69, 9.17) is 16.3 Å². The van der Waals surface area contributed by atoms with Gasteiger partial charge < -0.3 is 14.7 Å². The van der Waals surface area contributed by atoms with Gasteiger partial charge in [-0.2, -0.15) is 13.2 Å². The third-order valence-electron chi connectivity index (χ3n) is 10.2. The molecular formula is C35H42ClF3N2O5S. The van der Waals surface area contributed by atoms with E-state index in [0.717, 1.165) is 43.2 Å². The Balaban J connectivity index is 1.49. The maximum Gasteiger partial charge on any atom is 0.390 e. The minimum Gasteiger partial charge on any atom is -0.490 e. The molecule has 0 bridgehead atoms. The van der Waals surface area contributed by atoms with Gasteiger partial charge in [0.15, 0.2) is 0 Å². The zero-order valence-electron chi connectivity index (χ0n) is 26.4. The second-order valence-corrected chi connectivity index (χ2v) is 15.7. The molecule has 1 heterocycles. The third-order valence-corrected chi connectivity index (χ3v) is 12.3. The second-order valence-electron chi connectivity index (χ2n) is 13.4. The average molecular weight is 695 g/mol. The van der Waals surface area contributed by atoms with E-state index in [9.17, 15) is 31.5 Å². The van der Waals surface area contributed by atoms with Gasteiger partial charge in [-0.05, 0) is 97.7 Å². The molecule has 3 aliphatic rings. The summed E-state index contributed by atoms with van der Waals surface area (Å²) in [5.41, 5.74) is 2.47. The van der Waals surface area contributed by atoms with Crippen molar-refractivity contribution in [1.82, 2.24) is 4.72 Å². The van der Waals surface area contributed by atoms with Crippen molar-refractivity contribution in [3.8, 4) is 5.75 Å². The number of carbonyl (C=O) groups is 1. The van der Waals surface area contributed by atoms with E-state index in [2.05, 4.69) is 24.1 Å². The van der Waals surface area contributed by atoms with Crippen LogP contribution in [0, 0.1) is 17.8 Å². The zero-order valence-corrected chi connectivity index (χ0v) is 28.0. The maximum atomic E-state index is 13.4. The highest BCUT2D eigenvalue weighted by Crippen LogP contribution is 2.46. The number of aliphatic hydroxyl groups is 1. The molecule has 2 aromatic carbocycles. The van der Waals surface area contributed by atoms with E-state index < -0.39 is 51.2 Å². The maximum absolute atomic E-state index is 13.4. The molecule has 0 saturated heterocycles. The molecule has 12 heteroatoms. The number of carbonyl (C=O) groups excluding carboxylic acids is 1. The standard InChI is InChI=1S/C35H42ClF3N2O5S/c1-4-7-22(3)32(18-35(37,38)39)47(44,45)40-33(43)24-10-14-31-29(17-24)41(19-25-9-12-27(25)30(42)5-2)20-34(21-46-31)15-6-8-23-16-26(36)11-13-28(23)34/h4-5,10-11,13-14,16-17,22,25,27,30,32,42H,1-2,6-9,12,15,18-21H2,3H3,(H,40,43)/t22?,25?,27?,30?,32?,34-/m0/s1. The van der Waals surface area contributed by atoms with Gasteiger partial charge in [0.2, 0.25) is 10.0 Å². The number of hydrogen-bond acceptors (Lipinski definition) is 6. The number of halogens is 4. The number of rotatable bonds is 11. The van der Waals surface area contributed by atoms with Crippen LogP contribution in [0.25, 0.3) is 0 Å². The van der Waals surface area contributed by atoms with Gasteiger partial charge in [-0.3, -0.25) is 4.79 Å². The fraction of sp³-hybridized carbons (Fsp3) is 0.514. The molecule has 2 aliphatic carbocycles. The Hall–Kier alpha value is -3.02. The Labute approximate surface area is 279 Å². The number of benzene rings is 2. The summed E-state index contributed by atoms with van der Waals surface area (Å²) in [6.45, 7) is 10.1. The molecule has 0 aromatic heterocycles. The van der Waals surface area contributed by atoms with Crippen molar-refractivity contribution >= 4 is 33.2 Å². The minimum absolute atomic E-state index is 0.0215. The number of nitrogens with zero attached hydrogens (tertiary/aromatic N) is 1. The van der Waals surface area contributed by atoms with Gasteiger partial charge in [-0.25, -0.2) is 13.1 Å². The predicted molar refractivity (Wildman–Crippen MR) is 177 cm³/mol. The number of amides is 1. The normalized spacial score (nSPS) is 24.4. The first-order chi connectivity index (χ1) is 22.2. The number of ether oxygens (including phenoxy) is 1. The van der Waals surface area contributed by atoms with Crippen molar-refractivity contribution in [3.05, 3.63) is 83.4 Å². The molecule has 5 unspecified atom stereocenters. The van der Waals surface area contributed by atoms with Gasteiger partial charge in [0.1, 0.15) is 5.75 Å². The Morgan fingerprint density at radius 1 is 1.23 bits per heavy atom. The summed E-state index contributed by atoms with van der Waals surface area (Å²) in [7, 11) is -4.72. The monoisotopic (exact) mass is 694 g/mol. The lowest BCUT2D eigenvalue weighted by molar-refractivity contribution is -0.136. The molecule has 1 amide bonds. The van der Waals surface area contributed by atoms with Gasteiger partial charge in [-0.15, -0.1) is 13.2 Å². The van der Waals surface area contributed by atoms with Crippen LogP contribution in [0.2, 0.25) is 5.02 Å². The molecule has 1 spiro atoms. The Kier molecular flexibility index (Phi) is 10.4. The van der Waals surface area contributed by atoms with Gasteiger partial charge in [0.25, 0.3) is 5.91 Å². The Morgan fingerprint density at radius 3 is 2.66 bits per heavy atom. The highest BCUT2D eigenvalue weighted by Gasteiger charge is 2.45. The number of fused-ring (bicyclic) bond motifs is 3. The highest BCUT2D eigenvalue weighted by atomic mass is 35.5. The zero-order chi connectivity index (χ0) is 34.1. The molecule has 5 rings (SSSR count). The third kappa shape index (κ3) is 7.67. The number of alkyl halides is 3. The van der Waals surface area contributed by atoms with Crippen molar-refractivity contribution in [2.75, 3.05) is 24.6 Å². The summed E-state index contributed by atoms with van der Waals surface area (Å²) in [4.78, 5) is 15.6. The van der Waals surface area contributed by atoms with Crippen LogP contribution in [0.15, 0.2) is 61.7 Å². The summed E-state index contributed by atoms with van der Waals surface area (Å²) >= 11 is 6.36. The summed E-state index contributed by atoms with van der Waals surface area (Å²) in [6.07, 6.45) is 0.348. The van der Waals surface area contributed by atoms with Crippen LogP contribution < -0.4 is 14.4 Å². The Bertz CT molecular complexity index is 1620. The summed E-state index contributed by atoms with van der Waals surface area (Å²) in [6, 6.07) is 10.5. The number of hydrogen-bond donors (Lipinski definition) is 2. The summed E-state index contributed by atoms with van der Waals surface area (Å²) in [5, 5.41) is 9.36. The molecule has 2 N–H and O–H groups in total. The number of allylic oxidation sites excluding steroid dienone is 1. The van der Waals surface area contributed by atoms with Crippen molar-refractivity contribution < 1.29 is 36.2 Å². The van der Waals surface area contributed by atoms with Gasteiger partial charge >= 0.3 is 6.18 Å². The van der Waals surface area contributed by atoms with Crippen molar-refractivity contribution in [2.45, 2.75) is 74.8 Å². The van der Waals surface area contributed by atoms with Crippen molar-refractivity contribution in [1.29, 1.82) is 0 Å². The molecule has 1 aliphatic heterocycles. The van der Waals surface area contributed by atoms with Crippen LogP contribution in [0.4, 0.5) is 18.9 Å². The lowest BCUT2D eigenvalue weighted by Crippen LogP contribution is -2.49. The first-order valence-electron chi connectivity index (χ1n) is 16.0. The molecule has 256 valence electrons. The second kappa shape index (κ2) is 13.8. The van der Waals surface area contributed by atoms with Gasteiger partial charge in [0, 0.05) is 29.1 Å². The first kappa shape index (κ1) is 35.3. The SMILES string of the molecule is C=CCC(C)C(CC(F)(F)F)S(=O)(=O)NC(=O)c1ccc2c(c1)N(CC1CCC1C(O)C=C)C[C@@]1(CCCc3cc(Cl)ccc31)CO2. The lowest BCUT2D eigenvalue weighted by atomic mass is 9.68. The smallest absolute Gasteiger partial charge is 0.390 e. The molecule has 1 fully saturated rings. The molecule has 7 nitrogen and oxygen atoms in total. The van der Waals surface area contributed by atoms with Gasteiger partial charge in [-0.1, -0.05) is 36.7 Å². The first-order valence-corrected chi connectivity index (χ1v) is 17.9. The van der Waals surface area contributed by atoms with E-state index >= 15 is 0 Å². The fourth-order valence-electron chi connectivity index (χ4n) is 7.51. The van der Waals surface area contributed by atoms with E-state index in [0.29, 0.717) is 36.2 Å². The highest BCUT2D eigenvalue weighted by molar-refractivity contribution is 7.90. The van der Waals surface area contributed by atoms with E-state index in [1.54, 1.807) is 18.2 Å². The van der Waals surface area contributed by atoms with Crippen LogP contribution in [-0.4, -0.2) is 56.7 Å². The van der Waals surface area contributed by atoms with E-state index in [-0.39, 0.29) is 23.8 Å². The van der Waals surface area contributed by atoms with Crippen molar-refractivity contribution in [2.24, 2.45) is 17.8 Å². The largest absolute Gasteiger partial charge is 0.490 e. The predicted octanol–water partition coefficient (Wildman–Crippen LogP) is 6.98. The molecule has 1 saturated carbocycles. The van der Waals surface area contributed by atoms with Crippen molar-refractivity contribution in [3.63, 3.8) is 0 Å². The number of sulfonamides is 1. The Morgan fingerprint density at radius 2 is 2.00 bits per heavy atom. The van der Waals surface area contributed by atoms with Crippen LogP contribution in [0.5, 0.6) is 5.75 Å². The lowest BCUT2D eigenvalue weighted by Gasteiger charge is -2.45.